The summed E-state index contributed by atoms with van der Waals surface area (Å²) in [6, 6.07) is 1.30. The molecule has 2 rings (SSSR count). The fourth-order valence-electron chi connectivity index (χ4n) is 2.76. The van der Waals surface area contributed by atoms with Gasteiger partial charge in [0, 0.05) is 12.3 Å². The maximum Gasteiger partial charge on any atom is 0.331 e. The summed E-state index contributed by atoms with van der Waals surface area (Å²) in [6.45, 7) is 25.5. The van der Waals surface area contributed by atoms with Gasteiger partial charge < -0.3 is 18.6 Å². The Morgan fingerprint density at radius 2 is 1.50 bits per heavy atom. The second-order valence-electron chi connectivity index (χ2n) is 11.1. The normalized spacial score (nSPS) is 23.5. The third-order valence-corrected chi connectivity index (χ3v) is 15.7. The van der Waals surface area contributed by atoms with Gasteiger partial charge in [0.2, 0.25) is 6.23 Å². The zero-order valence-corrected chi connectivity index (χ0v) is 22.1. The van der Waals surface area contributed by atoms with E-state index in [2.05, 4.69) is 79.3 Å². The van der Waals surface area contributed by atoms with Crippen molar-refractivity contribution in [2.45, 2.75) is 96.2 Å². The molecule has 1 aromatic heterocycles. The van der Waals surface area contributed by atoms with Crippen molar-refractivity contribution in [3.8, 4) is 0 Å². The Balaban J connectivity index is 2.57. The quantitative estimate of drug-likeness (QED) is 0.669. The van der Waals surface area contributed by atoms with E-state index in [1.54, 1.807) is 0 Å². The Bertz CT molecular complexity index is 877. The first kappa shape index (κ1) is 24.8. The second-order valence-corrected chi connectivity index (χ2v) is 20.6. The molecule has 1 fully saturated rings. The lowest BCUT2D eigenvalue weighted by Crippen LogP contribution is -2.53. The second kappa shape index (κ2) is 7.92. The van der Waals surface area contributed by atoms with Gasteiger partial charge in [0.1, 0.15) is 18.0 Å². The number of aromatic amines is 1. The largest absolute Gasteiger partial charge is 0.469 e. The number of nitrogens with zero attached hydrogens (tertiary/aromatic N) is 1. The molecule has 0 aliphatic carbocycles. The molecule has 1 aliphatic heterocycles. The minimum Gasteiger partial charge on any atom is -0.469 e. The molecule has 0 spiro atoms. The number of nitrogens with one attached hydrogen (secondary N) is 1. The number of aromatic nitrogens is 2. The molecule has 3 atom stereocenters. The number of H-pyrrole nitrogens is 1. The smallest absolute Gasteiger partial charge is 0.331 e. The fourth-order valence-corrected chi connectivity index (χ4v) is 5.29. The van der Waals surface area contributed by atoms with Gasteiger partial charge in [-0.2, -0.15) is 0 Å². The molecule has 2 heterocycles. The average molecular weight is 455 g/mol. The Morgan fingerprint density at radius 3 is 1.97 bits per heavy atom. The minimum atomic E-state index is -2.29. The van der Waals surface area contributed by atoms with Crippen molar-refractivity contribution in [1.82, 2.24) is 9.55 Å². The van der Waals surface area contributed by atoms with Crippen LogP contribution in [0.4, 0.5) is 0 Å². The molecule has 1 saturated heterocycles. The first-order valence-corrected chi connectivity index (χ1v) is 16.2. The summed E-state index contributed by atoms with van der Waals surface area (Å²) >= 11 is 0. The number of hydrogen-bond acceptors (Lipinski definition) is 5. The molecule has 0 saturated carbocycles. The summed E-state index contributed by atoms with van der Waals surface area (Å²) in [5.41, 5.74) is -0.995. The van der Waals surface area contributed by atoms with E-state index in [4.69, 9.17) is 13.6 Å². The Morgan fingerprint density at radius 1 is 1.00 bits per heavy atom. The molecular formula is C21H38N2O5Si2. The summed E-state index contributed by atoms with van der Waals surface area (Å²) < 4.78 is 20.4. The zero-order valence-electron chi connectivity index (χ0n) is 20.1. The molecular weight excluding hydrogens is 416 g/mol. The molecule has 30 heavy (non-hydrogen) atoms. The summed E-state index contributed by atoms with van der Waals surface area (Å²) in [4.78, 5) is 27.6. The van der Waals surface area contributed by atoms with Crippen molar-refractivity contribution in [2.75, 3.05) is 0 Å². The van der Waals surface area contributed by atoms with E-state index in [-0.39, 0.29) is 10.1 Å². The van der Waals surface area contributed by atoms with Crippen molar-refractivity contribution >= 4 is 16.6 Å². The highest BCUT2D eigenvalue weighted by molar-refractivity contribution is 6.74. The Hall–Kier alpha value is -1.43. The maximum absolute atomic E-state index is 12.5. The standard InChI is InChI=1S/C21H38N2O5Si2/c1-14-16(27-29(8,9)20(2,3)4)17(28-30(10,11)21(5,6)7)18(26-14)23-15(24)12-13-22-19(23)25/h12-13,16-18H,1H2,2-11H3,(H,22,25)/t16-,17-,18-/m1/s1. The highest BCUT2D eigenvalue weighted by Gasteiger charge is 2.53. The molecule has 9 heteroatoms. The predicted molar refractivity (Wildman–Crippen MR) is 125 cm³/mol. The molecule has 1 aliphatic rings. The first-order chi connectivity index (χ1) is 13.4. The molecule has 0 radical (unpaired) electrons. The van der Waals surface area contributed by atoms with Crippen LogP contribution in [0.15, 0.2) is 34.2 Å². The van der Waals surface area contributed by atoms with E-state index in [9.17, 15) is 9.59 Å². The third kappa shape index (κ3) is 4.74. The van der Waals surface area contributed by atoms with E-state index in [1.807, 2.05) is 0 Å². The Labute approximate surface area is 181 Å². The SMILES string of the molecule is C=C1O[C@@H](n2c(=O)cc[nH]c2=O)[C@H](O[Si](C)(C)C(C)(C)C)[C@@H]1O[Si](C)(C)C(C)(C)C. The van der Waals surface area contributed by atoms with Gasteiger partial charge in [0.25, 0.3) is 5.56 Å². The van der Waals surface area contributed by atoms with Crippen LogP contribution in [0.5, 0.6) is 0 Å². The molecule has 0 aromatic carbocycles. The average Bonchev–Trinajstić information content (AvgIpc) is 2.81. The van der Waals surface area contributed by atoms with E-state index >= 15 is 0 Å². The lowest BCUT2D eigenvalue weighted by Gasteiger charge is -2.43. The van der Waals surface area contributed by atoms with Gasteiger partial charge in [0.05, 0.1) is 0 Å². The molecule has 0 unspecified atom stereocenters. The summed E-state index contributed by atoms with van der Waals surface area (Å²) in [7, 11) is -4.50. The van der Waals surface area contributed by atoms with Gasteiger partial charge in [-0.05, 0) is 36.3 Å². The first-order valence-electron chi connectivity index (χ1n) is 10.4. The van der Waals surface area contributed by atoms with E-state index < -0.39 is 46.3 Å². The lowest BCUT2D eigenvalue weighted by molar-refractivity contribution is -0.00823. The predicted octanol–water partition coefficient (Wildman–Crippen LogP) is 4.36. The van der Waals surface area contributed by atoms with Crippen molar-refractivity contribution in [2.24, 2.45) is 0 Å². The topological polar surface area (TPSA) is 82.6 Å². The molecule has 0 bridgehead atoms. The van der Waals surface area contributed by atoms with Gasteiger partial charge in [-0.25, -0.2) is 9.36 Å². The van der Waals surface area contributed by atoms with Crippen LogP contribution in [0.2, 0.25) is 36.3 Å². The maximum atomic E-state index is 12.5. The van der Waals surface area contributed by atoms with E-state index in [0.29, 0.717) is 5.76 Å². The van der Waals surface area contributed by atoms with Gasteiger partial charge in [-0.1, -0.05) is 48.1 Å². The van der Waals surface area contributed by atoms with Gasteiger partial charge >= 0.3 is 5.69 Å². The van der Waals surface area contributed by atoms with Crippen LogP contribution in [0.25, 0.3) is 0 Å². The summed E-state index contributed by atoms with van der Waals surface area (Å²) in [6.07, 6.45) is -0.804. The van der Waals surface area contributed by atoms with Crippen LogP contribution in [0, 0.1) is 0 Å². The van der Waals surface area contributed by atoms with Gasteiger partial charge in [-0.3, -0.25) is 4.79 Å². The zero-order chi connectivity index (χ0) is 23.3. The van der Waals surface area contributed by atoms with E-state index in [1.165, 1.54) is 12.3 Å². The van der Waals surface area contributed by atoms with Crippen molar-refractivity contribution < 1.29 is 13.6 Å². The number of hydrogen-bond donors (Lipinski definition) is 1. The van der Waals surface area contributed by atoms with Gasteiger partial charge in [0.15, 0.2) is 16.6 Å². The summed E-state index contributed by atoms with van der Waals surface area (Å²) in [5, 5.41) is -0.106. The molecule has 1 aromatic rings. The van der Waals surface area contributed by atoms with Crippen molar-refractivity contribution in [3.05, 3.63) is 45.4 Å². The van der Waals surface area contributed by atoms with Crippen molar-refractivity contribution in [3.63, 3.8) is 0 Å². The van der Waals surface area contributed by atoms with Crippen LogP contribution in [-0.4, -0.2) is 38.4 Å². The number of rotatable bonds is 5. The fraction of sp³-hybridized carbons (Fsp3) is 0.714. The lowest BCUT2D eigenvalue weighted by atomic mass is 10.2. The third-order valence-electron chi connectivity index (χ3n) is 6.78. The molecule has 7 nitrogen and oxygen atoms in total. The monoisotopic (exact) mass is 454 g/mol. The highest BCUT2D eigenvalue weighted by Crippen LogP contribution is 2.45. The molecule has 1 N–H and O–H groups in total. The highest BCUT2D eigenvalue weighted by atomic mass is 28.4. The van der Waals surface area contributed by atoms with E-state index in [0.717, 1.165) is 4.57 Å². The van der Waals surface area contributed by atoms with Crippen LogP contribution in [-0.2, 0) is 13.6 Å². The van der Waals surface area contributed by atoms with Crippen LogP contribution in [0.3, 0.4) is 0 Å². The molecule has 0 amide bonds. The number of ether oxygens (including phenoxy) is 1. The molecule has 170 valence electrons. The summed E-state index contributed by atoms with van der Waals surface area (Å²) in [5.74, 6) is 0.392. The minimum absolute atomic E-state index is 0.0338. The van der Waals surface area contributed by atoms with Gasteiger partial charge in [-0.15, -0.1) is 0 Å². The Kier molecular flexibility index (Phi) is 6.56. The van der Waals surface area contributed by atoms with Crippen LogP contribution < -0.4 is 11.2 Å². The van der Waals surface area contributed by atoms with Crippen LogP contribution >= 0.6 is 0 Å². The van der Waals surface area contributed by atoms with Crippen molar-refractivity contribution in [1.29, 1.82) is 0 Å². The van der Waals surface area contributed by atoms with Crippen LogP contribution in [0.1, 0.15) is 47.8 Å².